The second-order valence-corrected chi connectivity index (χ2v) is 6.26. The molecule has 2 aromatic heterocycles. The molecule has 0 spiro atoms. The molecule has 0 fully saturated rings. The first-order chi connectivity index (χ1) is 12.1. The zero-order chi connectivity index (χ0) is 17.4. The monoisotopic (exact) mass is 336 g/mol. The van der Waals surface area contributed by atoms with Crippen LogP contribution in [0.1, 0.15) is 31.1 Å². The molecule has 1 amide bonds. The largest absolute Gasteiger partial charge is 0.338 e. The fourth-order valence-electron chi connectivity index (χ4n) is 3.42. The summed E-state index contributed by atoms with van der Waals surface area (Å²) in [4.78, 5) is 13.7. The highest BCUT2D eigenvalue weighted by atomic mass is 16.2. The highest BCUT2D eigenvalue weighted by molar-refractivity contribution is 5.75. The van der Waals surface area contributed by atoms with Crippen LogP contribution in [-0.2, 0) is 11.2 Å². The number of nitrogens with one attached hydrogen (secondary N) is 3. The fraction of sp³-hybridized carbons (Fsp3) is 0.278. The molecule has 25 heavy (non-hydrogen) atoms. The van der Waals surface area contributed by atoms with Crippen molar-refractivity contribution in [1.82, 2.24) is 25.3 Å². The summed E-state index contributed by atoms with van der Waals surface area (Å²) in [6.07, 6.45) is 2.60. The first kappa shape index (κ1) is 15.4. The van der Waals surface area contributed by atoms with E-state index in [0.717, 1.165) is 47.0 Å². The Kier molecular flexibility index (Phi) is 3.76. The van der Waals surface area contributed by atoms with Crippen LogP contribution < -0.4 is 5.32 Å². The molecule has 7 heteroatoms. The molecule has 0 saturated carbocycles. The molecule has 0 saturated heterocycles. The summed E-state index contributed by atoms with van der Waals surface area (Å²) in [6.45, 7) is 4.38. The Labute approximate surface area is 145 Å². The summed E-state index contributed by atoms with van der Waals surface area (Å²) in [5.41, 5.74) is 5.07. The summed E-state index contributed by atoms with van der Waals surface area (Å²) < 4.78 is 0. The van der Waals surface area contributed by atoms with Crippen LogP contribution in [0.3, 0.4) is 0 Å². The van der Waals surface area contributed by atoms with E-state index in [-0.39, 0.29) is 11.9 Å². The van der Waals surface area contributed by atoms with Crippen LogP contribution in [0.25, 0.3) is 11.3 Å². The molecule has 3 aromatic rings. The van der Waals surface area contributed by atoms with Crippen molar-refractivity contribution < 1.29 is 4.79 Å². The molecule has 1 atom stereocenters. The van der Waals surface area contributed by atoms with Gasteiger partial charge in [-0.3, -0.25) is 15.0 Å². The summed E-state index contributed by atoms with van der Waals surface area (Å²) in [5.74, 6) is 0.870. The van der Waals surface area contributed by atoms with Gasteiger partial charge in [-0.2, -0.15) is 10.2 Å². The average molecular weight is 336 g/mol. The molecule has 0 radical (unpaired) electrons. The van der Waals surface area contributed by atoms with Crippen molar-refractivity contribution in [3.8, 4) is 11.3 Å². The van der Waals surface area contributed by atoms with Gasteiger partial charge in [0.25, 0.3) is 0 Å². The van der Waals surface area contributed by atoms with Crippen LogP contribution in [0, 0.1) is 0 Å². The van der Waals surface area contributed by atoms with Crippen LogP contribution in [0.2, 0.25) is 0 Å². The van der Waals surface area contributed by atoms with E-state index in [9.17, 15) is 4.79 Å². The standard InChI is InChI=1S/C18H20N6O/c1-11-17-16(8-10-24(11)12(2)25)22-23-18(17)20-14-5-3-13(4-6-14)15-7-9-19-21-15/h3-7,9,11H,8,10H2,1-2H3,(H,19,21)(H2,20,22,23). The second kappa shape index (κ2) is 6.08. The number of H-pyrrole nitrogens is 2. The summed E-state index contributed by atoms with van der Waals surface area (Å²) in [7, 11) is 0. The third-order valence-electron chi connectivity index (χ3n) is 4.72. The van der Waals surface area contributed by atoms with Crippen molar-refractivity contribution >= 4 is 17.4 Å². The number of aromatic amines is 2. The molecular formula is C18H20N6O. The lowest BCUT2D eigenvalue weighted by Crippen LogP contribution is -2.37. The summed E-state index contributed by atoms with van der Waals surface area (Å²) >= 11 is 0. The topological polar surface area (TPSA) is 89.7 Å². The third-order valence-corrected chi connectivity index (χ3v) is 4.72. The number of carbonyl (C=O) groups is 1. The van der Waals surface area contributed by atoms with Gasteiger partial charge in [-0.15, -0.1) is 0 Å². The minimum Gasteiger partial charge on any atom is -0.338 e. The number of carbonyl (C=O) groups excluding carboxylic acids is 1. The van der Waals surface area contributed by atoms with E-state index in [1.54, 1.807) is 13.1 Å². The Morgan fingerprint density at radius 3 is 2.72 bits per heavy atom. The van der Waals surface area contributed by atoms with Gasteiger partial charge in [0.1, 0.15) is 0 Å². The van der Waals surface area contributed by atoms with Gasteiger partial charge < -0.3 is 10.2 Å². The van der Waals surface area contributed by atoms with E-state index in [4.69, 9.17) is 0 Å². The lowest BCUT2D eigenvalue weighted by Gasteiger charge is -2.32. The number of fused-ring (bicyclic) bond motifs is 1. The Bertz CT molecular complexity index is 881. The Morgan fingerprint density at radius 1 is 1.24 bits per heavy atom. The fourth-order valence-corrected chi connectivity index (χ4v) is 3.42. The predicted octanol–water partition coefficient (Wildman–Crippen LogP) is 3.01. The Hall–Kier alpha value is -3.09. The smallest absolute Gasteiger partial charge is 0.219 e. The van der Waals surface area contributed by atoms with E-state index in [1.165, 1.54) is 0 Å². The average Bonchev–Trinajstić information content (AvgIpc) is 3.26. The number of hydrogen-bond acceptors (Lipinski definition) is 4. The van der Waals surface area contributed by atoms with Gasteiger partial charge in [0.15, 0.2) is 5.82 Å². The molecule has 3 heterocycles. The minimum absolute atomic E-state index is 0.00540. The summed E-state index contributed by atoms with van der Waals surface area (Å²) in [6, 6.07) is 9.98. The normalized spacial score (nSPS) is 16.6. The van der Waals surface area contributed by atoms with Gasteiger partial charge in [0.05, 0.1) is 11.7 Å². The van der Waals surface area contributed by atoms with Gasteiger partial charge >= 0.3 is 0 Å². The first-order valence-electron chi connectivity index (χ1n) is 8.35. The van der Waals surface area contributed by atoms with Crippen molar-refractivity contribution in [2.45, 2.75) is 26.3 Å². The van der Waals surface area contributed by atoms with Gasteiger partial charge in [-0.05, 0) is 25.1 Å². The number of amides is 1. The Morgan fingerprint density at radius 2 is 2.04 bits per heavy atom. The quantitative estimate of drug-likeness (QED) is 0.686. The van der Waals surface area contributed by atoms with Gasteiger partial charge in [0, 0.05) is 48.6 Å². The third kappa shape index (κ3) is 2.77. The zero-order valence-electron chi connectivity index (χ0n) is 14.2. The van der Waals surface area contributed by atoms with Crippen LogP contribution in [-0.4, -0.2) is 37.7 Å². The molecule has 1 unspecified atom stereocenters. The minimum atomic E-state index is 0.00540. The summed E-state index contributed by atoms with van der Waals surface area (Å²) in [5, 5.41) is 17.9. The molecule has 1 aromatic carbocycles. The maximum Gasteiger partial charge on any atom is 0.219 e. The van der Waals surface area contributed by atoms with Crippen molar-refractivity contribution in [1.29, 1.82) is 0 Å². The molecule has 1 aliphatic rings. The molecule has 4 rings (SSSR count). The van der Waals surface area contributed by atoms with Crippen molar-refractivity contribution in [2.24, 2.45) is 0 Å². The Balaban J connectivity index is 1.58. The lowest BCUT2D eigenvalue weighted by molar-refractivity contribution is -0.131. The zero-order valence-corrected chi connectivity index (χ0v) is 14.2. The highest BCUT2D eigenvalue weighted by Gasteiger charge is 2.30. The SMILES string of the molecule is CC(=O)N1CCc2[nH]nc(Nc3ccc(-c4cc[nH]n4)cc3)c2C1C. The van der Waals surface area contributed by atoms with Gasteiger partial charge in [-0.1, -0.05) is 12.1 Å². The molecule has 128 valence electrons. The molecule has 3 N–H and O–H groups in total. The van der Waals surface area contributed by atoms with Crippen LogP contribution in [0.15, 0.2) is 36.5 Å². The maximum atomic E-state index is 11.8. The van der Waals surface area contributed by atoms with Crippen LogP contribution in [0.5, 0.6) is 0 Å². The number of rotatable bonds is 3. The number of anilines is 2. The second-order valence-electron chi connectivity index (χ2n) is 6.26. The van der Waals surface area contributed by atoms with E-state index in [2.05, 4.69) is 25.7 Å². The van der Waals surface area contributed by atoms with Crippen molar-refractivity contribution in [2.75, 3.05) is 11.9 Å². The van der Waals surface area contributed by atoms with Crippen LogP contribution >= 0.6 is 0 Å². The van der Waals surface area contributed by atoms with Crippen molar-refractivity contribution in [3.05, 3.63) is 47.8 Å². The highest BCUT2D eigenvalue weighted by Crippen LogP contribution is 2.34. The lowest BCUT2D eigenvalue weighted by atomic mass is 9.99. The van der Waals surface area contributed by atoms with Gasteiger partial charge in [0.2, 0.25) is 5.91 Å². The predicted molar refractivity (Wildman–Crippen MR) is 95.4 cm³/mol. The van der Waals surface area contributed by atoms with Crippen molar-refractivity contribution in [3.63, 3.8) is 0 Å². The molecule has 0 bridgehead atoms. The van der Waals surface area contributed by atoms with Gasteiger partial charge in [-0.25, -0.2) is 0 Å². The number of nitrogens with zero attached hydrogens (tertiary/aromatic N) is 3. The van der Waals surface area contributed by atoms with E-state index < -0.39 is 0 Å². The molecule has 0 aliphatic carbocycles. The number of aromatic nitrogens is 4. The van der Waals surface area contributed by atoms with E-state index in [1.807, 2.05) is 42.2 Å². The van der Waals surface area contributed by atoms with Crippen LogP contribution in [0.4, 0.5) is 11.5 Å². The number of benzene rings is 1. The molecular weight excluding hydrogens is 316 g/mol. The van der Waals surface area contributed by atoms with E-state index in [0.29, 0.717) is 0 Å². The van der Waals surface area contributed by atoms with E-state index >= 15 is 0 Å². The maximum absolute atomic E-state index is 11.8. The number of hydrogen-bond donors (Lipinski definition) is 3. The molecule has 1 aliphatic heterocycles. The molecule has 7 nitrogen and oxygen atoms in total. The first-order valence-corrected chi connectivity index (χ1v) is 8.35.